The van der Waals surface area contributed by atoms with Crippen molar-refractivity contribution in [1.82, 2.24) is 4.98 Å². The average molecular weight is 425 g/mol. The summed E-state index contributed by atoms with van der Waals surface area (Å²) < 4.78 is 0. The standard InChI is InChI=1S/C22H14Cl2N2O3/c23-15-6-4-14(5-7-15)20(27)18-19(13-8-10-25-11-9-13)26(22(29)21(18)28)17-3-1-2-16(24)12-17/h1-12,19,27H/b20-18+. The number of anilines is 1. The van der Waals surface area contributed by atoms with Crippen molar-refractivity contribution in [1.29, 1.82) is 0 Å². The smallest absolute Gasteiger partial charge is 0.300 e. The van der Waals surface area contributed by atoms with Gasteiger partial charge in [-0.1, -0.05) is 29.3 Å². The third-order valence-electron chi connectivity index (χ3n) is 4.67. The number of benzene rings is 2. The number of aliphatic hydroxyl groups excluding tert-OH is 1. The van der Waals surface area contributed by atoms with Gasteiger partial charge in [0.15, 0.2) is 0 Å². The van der Waals surface area contributed by atoms with Crippen LogP contribution in [0.2, 0.25) is 10.0 Å². The van der Waals surface area contributed by atoms with Crippen molar-refractivity contribution in [2.45, 2.75) is 6.04 Å². The molecule has 3 aromatic rings. The number of ketones is 1. The Morgan fingerprint density at radius 3 is 2.28 bits per heavy atom. The zero-order valence-electron chi connectivity index (χ0n) is 14.9. The van der Waals surface area contributed by atoms with Crippen LogP contribution in [-0.4, -0.2) is 21.8 Å². The van der Waals surface area contributed by atoms with Crippen molar-refractivity contribution in [3.8, 4) is 0 Å². The first-order valence-corrected chi connectivity index (χ1v) is 9.45. The van der Waals surface area contributed by atoms with Crippen LogP contribution in [-0.2, 0) is 9.59 Å². The van der Waals surface area contributed by atoms with Crippen molar-refractivity contribution in [3.05, 3.63) is 99.8 Å². The first kappa shape index (κ1) is 19.2. The Bertz CT molecular complexity index is 1130. The minimum absolute atomic E-state index is 0.0107. The van der Waals surface area contributed by atoms with Gasteiger partial charge >= 0.3 is 0 Å². The third kappa shape index (κ3) is 3.50. The van der Waals surface area contributed by atoms with Gasteiger partial charge in [0, 0.05) is 33.7 Å². The maximum atomic E-state index is 13.0. The van der Waals surface area contributed by atoms with Crippen molar-refractivity contribution in [2.24, 2.45) is 0 Å². The van der Waals surface area contributed by atoms with Gasteiger partial charge in [0.2, 0.25) is 0 Å². The van der Waals surface area contributed by atoms with E-state index in [0.29, 0.717) is 26.9 Å². The average Bonchev–Trinajstić information content (AvgIpc) is 2.99. The van der Waals surface area contributed by atoms with Crippen LogP contribution in [0.4, 0.5) is 5.69 Å². The van der Waals surface area contributed by atoms with Crippen molar-refractivity contribution >= 4 is 46.3 Å². The van der Waals surface area contributed by atoms with Gasteiger partial charge in [0.25, 0.3) is 11.7 Å². The van der Waals surface area contributed by atoms with Crippen molar-refractivity contribution in [2.75, 3.05) is 4.90 Å². The fourth-order valence-electron chi connectivity index (χ4n) is 3.35. The number of amides is 1. The molecular formula is C22H14Cl2N2O3. The van der Waals surface area contributed by atoms with E-state index >= 15 is 0 Å². The molecule has 1 saturated heterocycles. The lowest BCUT2D eigenvalue weighted by atomic mass is 9.96. The largest absolute Gasteiger partial charge is 0.507 e. The predicted molar refractivity (Wildman–Crippen MR) is 112 cm³/mol. The van der Waals surface area contributed by atoms with Gasteiger partial charge in [-0.05, 0) is 60.2 Å². The summed E-state index contributed by atoms with van der Waals surface area (Å²) in [5.41, 5.74) is 1.47. The summed E-state index contributed by atoms with van der Waals surface area (Å²) in [6, 6.07) is 15.6. The molecule has 144 valence electrons. The summed E-state index contributed by atoms with van der Waals surface area (Å²) in [5.74, 6) is -1.80. The molecule has 7 heteroatoms. The summed E-state index contributed by atoms with van der Waals surface area (Å²) in [7, 11) is 0. The number of nitrogens with zero attached hydrogens (tertiary/aromatic N) is 2. The highest BCUT2D eigenvalue weighted by molar-refractivity contribution is 6.51. The Morgan fingerprint density at radius 1 is 0.931 bits per heavy atom. The molecule has 0 bridgehead atoms. The molecule has 2 heterocycles. The van der Waals surface area contributed by atoms with Crippen LogP contribution in [0.25, 0.3) is 5.76 Å². The molecule has 2 aromatic carbocycles. The number of carbonyl (C=O) groups is 2. The molecule has 1 N–H and O–H groups in total. The van der Waals surface area contributed by atoms with Gasteiger partial charge in [-0.2, -0.15) is 0 Å². The van der Waals surface area contributed by atoms with Crippen LogP contribution in [0, 0.1) is 0 Å². The van der Waals surface area contributed by atoms with Crippen LogP contribution >= 0.6 is 23.2 Å². The molecule has 0 radical (unpaired) electrons. The van der Waals surface area contributed by atoms with E-state index in [-0.39, 0.29) is 11.3 Å². The highest BCUT2D eigenvalue weighted by Gasteiger charge is 2.46. The maximum Gasteiger partial charge on any atom is 0.300 e. The number of aliphatic hydroxyl groups is 1. The molecule has 0 saturated carbocycles. The highest BCUT2D eigenvalue weighted by atomic mass is 35.5. The van der Waals surface area contributed by atoms with E-state index in [1.807, 2.05) is 0 Å². The number of hydrogen-bond donors (Lipinski definition) is 1. The van der Waals surface area contributed by atoms with Crippen molar-refractivity contribution in [3.63, 3.8) is 0 Å². The number of hydrogen-bond acceptors (Lipinski definition) is 4. The molecule has 4 rings (SSSR count). The molecule has 0 spiro atoms. The van der Waals surface area contributed by atoms with E-state index in [9.17, 15) is 14.7 Å². The molecule has 1 unspecified atom stereocenters. The SMILES string of the molecule is O=C1C(=O)N(c2cccc(Cl)c2)C(c2ccncc2)/C1=C(\O)c1ccc(Cl)cc1. The molecule has 1 aliphatic rings. The minimum atomic E-state index is -0.827. The third-order valence-corrected chi connectivity index (χ3v) is 5.16. The molecule has 1 fully saturated rings. The van der Waals surface area contributed by atoms with Crippen LogP contribution in [0.1, 0.15) is 17.2 Å². The van der Waals surface area contributed by atoms with E-state index in [2.05, 4.69) is 4.98 Å². The Morgan fingerprint density at radius 2 is 1.62 bits per heavy atom. The lowest BCUT2D eigenvalue weighted by Gasteiger charge is -2.25. The molecule has 5 nitrogen and oxygen atoms in total. The second-order valence-corrected chi connectivity index (χ2v) is 7.31. The van der Waals surface area contributed by atoms with E-state index < -0.39 is 17.7 Å². The number of carbonyl (C=O) groups excluding carboxylic acids is 2. The fraction of sp³-hybridized carbons (Fsp3) is 0.0455. The van der Waals surface area contributed by atoms with Gasteiger partial charge in [0.05, 0.1) is 11.6 Å². The Hall–Kier alpha value is -3.15. The normalized spacial score (nSPS) is 18.3. The first-order valence-electron chi connectivity index (χ1n) is 8.70. The summed E-state index contributed by atoms with van der Waals surface area (Å²) in [6.07, 6.45) is 3.13. The van der Waals surface area contributed by atoms with Gasteiger partial charge in [-0.25, -0.2) is 0 Å². The van der Waals surface area contributed by atoms with Gasteiger partial charge in [0.1, 0.15) is 5.76 Å². The predicted octanol–water partition coefficient (Wildman–Crippen LogP) is 5.01. The molecule has 1 aliphatic heterocycles. The summed E-state index contributed by atoms with van der Waals surface area (Å²) in [6.45, 7) is 0. The molecular weight excluding hydrogens is 411 g/mol. The van der Waals surface area contributed by atoms with Crippen LogP contribution < -0.4 is 4.90 Å². The molecule has 0 aliphatic carbocycles. The molecule has 1 aromatic heterocycles. The first-order chi connectivity index (χ1) is 14.0. The second kappa shape index (κ2) is 7.70. The summed E-state index contributed by atoms with van der Waals surface area (Å²) in [4.78, 5) is 31.2. The van der Waals surface area contributed by atoms with Crippen LogP contribution in [0.3, 0.4) is 0 Å². The summed E-state index contributed by atoms with van der Waals surface area (Å²) in [5, 5.41) is 11.9. The number of Topliss-reactive ketones (excluding diaryl/α,β-unsaturated/α-hetero) is 1. The lowest BCUT2D eigenvalue weighted by molar-refractivity contribution is -0.132. The number of aromatic nitrogens is 1. The van der Waals surface area contributed by atoms with E-state index in [0.717, 1.165) is 0 Å². The Labute approximate surface area is 176 Å². The molecule has 1 atom stereocenters. The van der Waals surface area contributed by atoms with E-state index in [1.165, 1.54) is 4.90 Å². The number of halogens is 2. The van der Waals surface area contributed by atoms with Gasteiger partial charge < -0.3 is 5.11 Å². The zero-order chi connectivity index (χ0) is 20.5. The number of rotatable bonds is 3. The second-order valence-electron chi connectivity index (χ2n) is 6.44. The minimum Gasteiger partial charge on any atom is -0.507 e. The Balaban J connectivity index is 1.94. The number of pyridine rings is 1. The van der Waals surface area contributed by atoms with Crippen LogP contribution in [0.15, 0.2) is 78.6 Å². The fourth-order valence-corrected chi connectivity index (χ4v) is 3.66. The quantitative estimate of drug-likeness (QED) is 0.364. The van der Waals surface area contributed by atoms with Crippen molar-refractivity contribution < 1.29 is 14.7 Å². The highest BCUT2D eigenvalue weighted by Crippen LogP contribution is 2.42. The topological polar surface area (TPSA) is 70.5 Å². The van der Waals surface area contributed by atoms with E-state index in [4.69, 9.17) is 23.2 Å². The van der Waals surface area contributed by atoms with Gasteiger partial charge in [-0.3, -0.25) is 19.5 Å². The maximum absolute atomic E-state index is 13.0. The van der Waals surface area contributed by atoms with E-state index in [1.54, 1.807) is 73.1 Å². The van der Waals surface area contributed by atoms with Gasteiger partial charge in [-0.15, -0.1) is 0 Å². The molecule has 29 heavy (non-hydrogen) atoms. The summed E-state index contributed by atoms with van der Waals surface area (Å²) >= 11 is 12.0. The zero-order valence-corrected chi connectivity index (χ0v) is 16.4. The monoisotopic (exact) mass is 424 g/mol. The lowest BCUT2D eigenvalue weighted by Crippen LogP contribution is -2.29. The Kier molecular flexibility index (Phi) is 5.09. The molecule has 1 amide bonds. The van der Waals surface area contributed by atoms with Crippen LogP contribution in [0.5, 0.6) is 0 Å².